The molecule has 0 saturated carbocycles. The molecule has 184 valence electrons. The average molecular weight is 554 g/mol. The molecule has 0 heterocycles. The van der Waals surface area contributed by atoms with Gasteiger partial charge in [-0.2, -0.15) is 0 Å². The van der Waals surface area contributed by atoms with Crippen LogP contribution in [0.15, 0.2) is 64.4 Å². The fourth-order valence-electron chi connectivity index (χ4n) is 3.33. The predicted octanol–water partition coefficient (Wildman–Crippen LogP) is 6.76. The van der Waals surface area contributed by atoms with E-state index in [1.165, 1.54) is 23.9 Å². The Hall–Kier alpha value is -2.58. The Labute approximate surface area is 223 Å². The van der Waals surface area contributed by atoms with Gasteiger partial charge >= 0.3 is 0 Å². The highest BCUT2D eigenvalue weighted by Crippen LogP contribution is 2.40. The zero-order valence-corrected chi connectivity index (χ0v) is 21.7. The maximum Gasteiger partial charge on any atom is 0.207 e. The highest BCUT2D eigenvalue weighted by Gasteiger charge is 2.12. The van der Waals surface area contributed by atoms with Crippen LogP contribution in [0.5, 0.6) is 0 Å². The Morgan fingerprint density at radius 2 is 1.74 bits per heavy atom. The number of hydrogen-bond acceptors (Lipinski definition) is 5. The summed E-state index contributed by atoms with van der Waals surface area (Å²) in [5.41, 5.74) is 14.0. The summed E-state index contributed by atoms with van der Waals surface area (Å²) in [4.78, 5) is 14.3. The number of rotatable bonds is 11. The number of nitrogens with one attached hydrogen (secondary N) is 1. The lowest BCUT2D eigenvalue weighted by Crippen LogP contribution is -2.32. The van der Waals surface area contributed by atoms with Gasteiger partial charge in [0.05, 0.1) is 10.7 Å². The highest BCUT2D eigenvalue weighted by atomic mass is 35.5. The first-order valence-electron chi connectivity index (χ1n) is 10.6. The first kappa shape index (κ1) is 27.0. The van der Waals surface area contributed by atoms with Crippen molar-refractivity contribution in [1.29, 1.82) is 0 Å². The molecule has 3 rings (SSSR count). The Kier molecular flexibility index (Phi) is 9.98. The molecule has 35 heavy (non-hydrogen) atoms. The topological polar surface area (TPSA) is 84.4 Å². The summed E-state index contributed by atoms with van der Waals surface area (Å²) < 4.78 is 14.0. The van der Waals surface area contributed by atoms with Gasteiger partial charge in [0.25, 0.3) is 0 Å². The number of anilines is 3. The van der Waals surface area contributed by atoms with E-state index in [9.17, 15) is 9.18 Å². The lowest BCUT2D eigenvalue weighted by Gasteiger charge is -2.24. The van der Waals surface area contributed by atoms with Crippen molar-refractivity contribution in [3.8, 4) is 0 Å². The molecule has 10 heteroatoms. The van der Waals surface area contributed by atoms with Crippen LogP contribution in [0.4, 0.5) is 21.5 Å². The van der Waals surface area contributed by atoms with E-state index in [2.05, 4.69) is 5.32 Å². The molecule has 3 aromatic rings. The summed E-state index contributed by atoms with van der Waals surface area (Å²) in [5.74, 6) is -0.483. The third-order valence-corrected chi connectivity index (χ3v) is 7.07. The van der Waals surface area contributed by atoms with Gasteiger partial charge in [-0.15, -0.1) is 0 Å². The summed E-state index contributed by atoms with van der Waals surface area (Å²) in [7, 11) is 0. The van der Waals surface area contributed by atoms with E-state index in [1.807, 2.05) is 29.2 Å². The number of halogens is 4. The number of benzene rings is 3. The van der Waals surface area contributed by atoms with Crippen molar-refractivity contribution >= 4 is 76.1 Å². The SMILES string of the molecule is Nc1ccc(N(CC/C=C/c2c(N)cc(Cl)cc2Sc2ccc(Cl)cc2Cl)CCNC=O)cc1F. The molecule has 0 saturated heterocycles. The van der Waals surface area contributed by atoms with E-state index in [4.69, 9.17) is 46.3 Å². The largest absolute Gasteiger partial charge is 0.398 e. The third kappa shape index (κ3) is 7.70. The van der Waals surface area contributed by atoms with E-state index in [1.54, 1.807) is 24.3 Å². The van der Waals surface area contributed by atoms with Gasteiger partial charge in [0.15, 0.2) is 0 Å². The predicted molar refractivity (Wildman–Crippen MR) is 147 cm³/mol. The fraction of sp³-hybridized carbons (Fsp3) is 0.160. The van der Waals surface area contributed by atoms with Gasteiger partial charge in [-0.05, 0) is 55.0 Å². The van der Waals surface area contributed by atoms with Gasteiger partial charge in [-0.25, -0.2) is 4.39 Å². The number of nitrogens with zero attached hydrogens (tertiary/aromatic N) is 1. The standard InChI is InChI=1S/C25H24Cl3FN4OS/c26-16-4-7-24(20(28)11-16)35-25-13-17(27)12-23(31)19(25)3-1-2-9-33(10-8-32-15-34)18-5-6-22(30)21(29)14-18/h1,3-7,11-15H,2,8-10,30-31H2,(H,32,34)/b3-1+. The molecular weight excluding hydrogens is 530 g/mol. The van der Waals surface area contributed by atoms with Gasteiger partial charge in [-0.3, -0.25) is 4.79 Å². The molecule has 0 bridgehead atoms. The minimum Gasteiger partial charge on any atom is -0.398 e. The van der Waals surface area contributed by atoms with Gasteiger partial charge in [0.2, 0.25) is 6.41 Å². The molecule has 5 nitrogen and oxygen atoms in total. The van der Waals surface area contributed by atoms with E-state index in [0.29, 0.717) is 58.9 Å². The smallest absolute Gasteiger partial charge is 0.207 e. The molecule has 5 N–H and O–H groups in total. The number of hydrogen-bond donors (Lipinski definition) is 3. The Morgan fingerprint density at radius 3 is 2.46 bits per heavy atom. The quantitative estimate of drug-likeness (QED) is 0.139. The molecule has 0 aliphatic carbocycles. The lowest BCUT2D eigenvalue weighted by molar-refractivity contribution is -0.109. The summed E-state index contributed by atoms with van der Waals surface area (Å²) in [6.45, 7) is 1.51. The number of nitrogen functional groups attached to an aromatic ring is 2. The molecule has 0 unspecified atom stereocenters. The van der Waals surface area contributed by atoms with Crippen LogP contribution in [-0.2, 0) is 4.79 Å². The molecule has 3 aromatic carbocycles. The van der Waals surface area contributed by atoms with Crippen molar-refractivity contribution in [2.45, 2.75) is 16.2 Å². The summed E-state index contributed by atoms with van der Waals surface area (Å²) in [6, 6.07) is 13.5. The van der Waals surface area contributed by atoms with Crippen LogP contribution >= 0.6 is 46.6 Å². The van der Waals surface area contributed by atoms with E-state index >= 15 is 0 Å². The molecule has 0 aliphatic heterocycles. The number of carbonyl (C=O) groups excluding carboxylic acids is 1. The van der Waals surface area contributed by atoms with Crippen LogP contribution in [0, 0.1) is 5.82 Å². The van der Waals surface area contributed by atoms with Crippen LogP contribution in [0.25, 0.3) is 6.08 Å². The van der Waals surface area contributed by atoms with Crippen molar-refractivity contribution in [1.82, 2.24) is 5.32 Å². The molecule has 0 fully saturated rings. The number of nitrogens with two attached hydrogens (primary N) is 2. The maximum absolute atomic E-state index is 14.0. The lowest BCUT2D eigenvalue weighted by atomic mass is 10.1. The molecule has 0 aromatic heterocycles. The van der Waals surface area contributed by atoms with Crippen molar-refractivity contribution in [3.63, 3.8) is 0 Å². The second-order valence-electron chi connectivity index (χ2n) is 7.54. The van der Waals surface area contributed by atoms with Crippen molar-refractivity contribution in [2.24, 2.45) is 0 Å². The maximum atomic E-state index is 14.0. The normalized spacial score (nSPS) is 11.1. The van der Waals surface area contributed by atoms with Crippen LogP contribution in [0.2, 0.25) is 15.1 Å². The molecular formula is C25H24Cl3FN4OS. The monoisotopic (exact) mass is 552 g/mol. The first-order chi connectivity index (χ1) is 16.8. The third-order valence-electron chi connectivity index (χ3n) is 5.06. The zero-order valence-electron chi connectivity index (χ0n) is 18.6. The molecule has 0 spiro atoms. The first-order valence-corrected chi connectivity index (χ1v) is 12.6. The zero-order chi connectivity index (χ0) is 25.4. The molecule has 1 amide bonds. The number of amides is 1. The highest BCUT2D eigenvalue weighted by molar-refractivity contribution is 7.99. The Bertz CT molecular complexity index is 1230. The fourth-order valence-corrected chi connectivity index (χ4v) is 5.15. The van der Waals surface area contributed by atoms with E-state index < -0.39 is 5.82 Å². The minimum atomic E-state index is -0.483. The Morgan fingerprint density at radius 1 is 0.943 bits per heavy atom. The van der Waals surface area contributed by atoms with Gasteiger partial charge < -0.3 is 21.7 Å². The van der Waals surface area contributed by atoms with Crippen molar-refractivity contribution in [2.75, 3.05) is 36.0 Å². The van der Waals surface area contributed by atoms with Crippen molar-refractivity contribution < 1.29 is 9.18 Å². The van der Waals surface area contributed by atoms with Crippen LogP contribution in [0.3, 0.4) is 0 Å². The van der Waals surface area contributed by atoms with Gasteiger partial charge in [-0.1, -0.05) is 58.7 Å². The summed E-state index contributed by atoms with van der Waals surface area (Å²) >= 11 is 20.1. The van der Waals surface area contributed by atoms with Crippen LogP contribution in [0.1, 0.15) is 12.0 Å². The van der Waals surface area contributed by atoms with Gasteiger partial charge in [0, 0.05) is 56.4 Å². The number of carbonyl (C=O) groups is 1. The minimum absolute atomic E-state index is 0.0867. The Balaban J connectivity index is 1.77. The molecule has 0 radical (unpaired) electrons. The summed E-state index contributed by atoms with van der Waals surface area (Å²) in [5, 5.41) is 4.24. The van der Waals surface area contributed by atoms with Crippen LogP contribution < -0.4 is 21.7 Å². The van der Waals surface area contributed by atoms with Crippen LogP contribution in [-0.4, -0.2) is 26.0 Å². The average Bonchev–Trinajstić information content (AvgIpc) is 2.80. The van der Waals surface area contributed by atoms with Gasteiger partial charge in [0.1, 0.15) is 5.82 Å². The van der Waals surface area contributed by atoms with Crippen molar-refractivity contribution in [3.05, 3.63) is 81.1 Å². The summed E-state index contributed by atoms with van der Waals surface area (Å²) in [6.07, 6.45) is 5.20. The molecule has 0 atom stereocenters. The van der Waals surface area contributed by atoms with E-state index in [-0.39, 0.29) is 5.69 Å². The van der Waals surface area contributed by atoms with E-state index in [0.717, 1.165) is 15.4 Å². The second kappa shape index (κ2) is 12.9. The second-order valence-corrected chi connectivity index (χ2v) is 9.90. The molecule has 0 aliphatic rings.